The predicted molar refractivity (Wildman–Crippen MR) is 63.8 cm³/mol. The van der Waals surface area contributed by atoms with E-state index in [4.69, 9.17) is 4.74 Å². The highest BCUT2D eigenvalue weighted by Crippen LogP contribution is 2.30. The molecular weight excluding hydrogens is 238 g/mol. The van der Waals surface area contributed by atoms with E-state index in [-0.39, 0.29) is 17.4 Å². The zero-order valence-corrected chi connectivity index (χ0v) is 10.3. The van der Waals surface area contributed by atoms with Crippen LogP contribution in [0.3, 0.4) is 0 Å². The van der Waals surface area contributed by atoms with E-state index >= 15 is 0 Å². The summed E-state index contributed by atoms with van der Waals surface area (Å²) in [5, 5.41) is 0. The van der Waals surface area contributed by atoms with Crippen molar-refractivity contribution in [1.29, 1.82) is 0 Å². The molecule has 2 atom stereocenters. The molecule has 0 aliphatic heterocycles. The third-order valence-electron chi connectivity index (χ3n) is 3.33. The molecule has 0 N–H and O–H groups in total. The van der Waals surface area contributed by atoms with Gasteiger partial charge in [-0.2, -0.15) is 0 Å². The molecule has 98 valence electrons. The summed E-state index contributed by atoms with van der Waals surface area (Å²) in [6, 6.07) is 2.00. The minimum absolute atomic E-state index is 0.0191. The summed E-state index contributed by atoms with van der Waals surface area (Å²) in [6.07, 6.45) is 4.06. The first kappa shape index (κ1) is 13.0. The highest BCUT2D eigenvalue weighted by molar-refractivity contribution is 5.75. The number of carbonyl (C=O) groups is 1. The lowest BCUT2D eigenvalue weighted by Gasteiger charge is -2.27. The van der Waals surface area contributed by atoms with Gasteiger partial charge in [-0.05, 0) is 37.3 Å². The molecule has 0 saturated heterocycles. The molecule has 1 aliphatic rings. The van der Waals surface area contributed by atoms with Crippen LogP contribution in [0.4, 0.5) is 8.78 Å². The Morgan fingerprint density at radius 1 is 1.28 bits per heavy atom. The maximum Gasteiger partial charge on any atom is 0.191 e. The van der Waals surface area contributed by atoms with Crippen LogP contribution in [-0.2, 0) is 0 Å². The second-order valence-electron chi connectivity index (χ2n) is 4.94. The minimum atomic E-state index is -0.810. The van der Waals surface area contributed by atoms with Gasteiger partial charge in [-0.25, -0.2) is 8.78 Å². The molecule has 0 aromatic heterocycles. The number of aldehydes is 1. The fraction of sp³-hybridized carbons (Fsp3) is 0.500. The van der Waals surface area contributed by atoms with E-state index in [1.165, 1.54) is 0 Å². The number of rotatable bonds is 3. The van der Waals surface area contributed by atoms with Gasteiger partial charge in [-0.15, -0.1) is 0 Å². The van der Waals surface area contributed by atoms with E-state index in [1.54, 1.807) is 0 Å². The maximum atomic E-state index is 13.6. The fourth-order valence-corrected chi connectivity index (χ4v) is 2.41. The summed E-state index contributed by atoms with van der Waals surface area (Å²) in [7, 11) is 0. The van der Waals surface area contributed by atoms with Gasteiger partial charge in [0.05, 0.1) is 6.10 Å². The Morgan fingerprint density at radius 3 is 2.50 bits per heavy atom. The van der Waals surface area contributed by atoms with Gasteiger partial charge in [0.2, 0.25) is 0 Å². The topological polar surface area (TPSA) is 26.3 Å². The molecule has 2 unspecified atom stereocenters. The Balaban J connectivity index is 2.15. The van der Waals surface area contributed by atoms with Crippen LogP contribution >= 0.6 is 0 Å². The van der Waals surface area contributed by atoms with Crippen LogP contribution in [0.25, 0.3) is 0 Å². The first-order chi connectivity index (χ1) is 8.60. The molecule has 1 aliphatic carbocycles. The maximum absolute atomic E-state index is 13.6. The van der Waals surface area contributed by atoms with E-state index in [2.05, 4.69) is 6.92 Å². The van der Waals surface area contributed by atoms with Gasteiger partial charge >= 0.3 is 0 Å². The number of carbonyl (C=O) groups excluding carboxylic acids is 1. The fourth-order valence-electron chi connectivity index (χ4n) is 2.41. The van der Waals surface area contributed by atoms with Crippen molar-refractivity contribution in [1.82, 2.24) is 0 Å². The zero-order chi connectivity index (χ0) is 13.1. The van der Waals surface area contributed by atoms with Crippen LogP contribution in [0.15, 0.2) is 12.1 Å². The minimum Gasteiger partial charge on any atom is -0.484 e. The number of benzene rings is 1. The Morgan fingerprint density at radius 2 is 1.94 bits per heavy atom. The molecule has 1 aromatic rings. The average Bonchev–Trinajstić information content (AvgIpc) is 2.33. The van der Waals surface area contributed by atoms with E-state index < -0.39 is 11.6 Å². The van der Waals surface area contributed by atoms with Gasteiger partial charge in [0.25, 0.3) is 0 Å². The van der Waals surface area contributed by atoms with Crippen molar-refractivity contribution in [3.63, 3.8) is 0 Å². The molecule has 1 saturated carbocycles. The van der Waals surface area contributed by atoms with Crippen LogP contribution in [0, 0.1) is 17.6 Å². The van der Waals surface area contributed by atoms with Crippen LogP contribution in [0.2, 0.25) is 0 Å². The Hall–Kier alpha value is -1.45. The highest BCUT2D eigenvalue weighted by Gasteiger charge is 2.23. The second-order valence-corrected chi connectivity index (χ2v) is 4.94. The lowest BCUT2D eigenvalue weighted by Crippen LogP contribution is -2.25. The van der Waals surface area contributed by atoms with E-state index in [9.17, 15) is 13.6 Å². The summed E-state index contributed by atoms with van der Waals surface area (Å²) in [4.78, 5) is 10.5. The van der Waals surface area contributed by atoms with Crippen molar-refractivity contribution in [3.05, 3.63) is 29.3 Å². The standard InChI is InChI=1S/C14H16F2O2/c1-9-3-2-4-11(5-9)18-14-12(15)6-10(8-17)7-13(14)16/h6-9,11H,2-5H2,1H3. The molecule has 1 fully saturated rings. The number of hydrogen-bond acceptors (Lipinski definition) is 2. The van der Waals surface area contributed by atoms with Gasteiger partial charge in [0.1, 0.15) is 6.29 Å². The molecule has 0 radical (unpaired) electrons. The normalized spacial score (nSPS) is 23.7. The predicted octanol–water partition coefficient (Wildman–Crippen LogP) is 3.73. The van der Waals surface area contributed by atoms with E-state index in [0.29, 0.717) is 12.2 Å². The second kappa shape index (κ2) is 5.46. The smallest absolute Gasteiger partial charge is 0.191 e. The molecule has 18 heavy (non-hydrogen) atoms. The van der Waals surface area contributed by atoms with Crippen molar-refractivity contribution in [2.24, 2.45) is 5.92 Å². The molecule has 2 nitrogen and oxygen atoms in total. The number of hydrogen-bond donors (Lipinski definition) is 0. The van der Waals surface area contributed by atoms with Gasteiger partial charge in [0.15, 0.2) is 17.4 Å². The lowest BCUT2D eigenvalue weighted by atomic mass is 9.89. The number of ether oxygens (including phenoxy) is 1. The summed E-state index contributed by atoms with van der Waals surface area (Å²) in [5.74, 6) is -1.46. The van der Waals surface area contributed by atoms with Crippen LogP contribution in [0.1, 0.15) is 43.0 Å². The van der Waals surface area contributed by atoms with Crippen LogP contribution < -0.4 is 4.74 Å². The van der Waals surface area contributed by atoms with Crippen molar-refractivity contribution in [2.45, 2.75) is 38.7 Å². The lowest BCUT2D eigenvalue weighted by molar-refractivity contribution is 0.111. The van der Waals surface area contributed by atoms with Gasteiger partial charge < -0.3 is 4.74 Å². The van der Waals surface area contributed by atoms with Crippen LogP contribution in [-0.4, -0.2) is 12.4 Å². The summed E-state index contributed by atoms with van der Waals surface area (Å²) in [6.45, 7) is 2.11. The zero-order valence-electron chi connectivity index (χ0n) is 10.3. The summed E-state index contributed by atoms with van der Waals surface area (Å²) >= 11 is 0. The summed E-state index contributed by atoms with van der Waals surface area (Å²) in [5.41, 5.74) is -0.0191. The molecule has 2 rings (SSSR count). The highest BCUT2D eigenvalue weighted by atomic mass is 19.1. The average molecular weight is 254 g/mol. The van der Waals surface area contributed by atoms with E-state index in [1.807, 2.05) is 0 Å². The van der Waals surface area contributed by atoms with Gasteiger partial charge in [0, 0.05) is 5.56 Å². The van der Waals surface area contributed by atoms with Gasteiger partial charge in [-0.1, -0.05) is 13.3 Å². The van der Waals surface area contributed by atoms with Crippen molar-refractivity contribution < 1.29 is 18.3 Å². The van der Waals surface area contributed by atoms with Crippen molar-refractivity contribution in [3.8, 4) is 5.75 Å². The van der Waals surface area contributed by atoms with E-state index in [0.717, 1.165) is 37.8 Å². The largest absolute Gasteiger partial charge is 0.484 e. The Kier molecular flexibility index (Phi) is 3.94. The molecular formula is C14H16F2O2. The van der Waals surface area contributed by atoms with Crippen molar-refractivity contribution in [2.75, 3.05) is 0 Å². The third kappa shape index (κ3) is 2.86. The first-order valence-electron chi connectivity index (χ1n) is 6.21. The molecule has 0 bridgehead atoms. The third-order valence-corrected chi connectivity index (χ3v) is 3.33. The monoisotopic (exact) mass is 254 g/mol. The molecule has 4 heteroatoms. The Labute approximate surface area is 105 Å². The molecule has 0 heterocycles. The van der Waals surface area contributed by atoms with Crippen molar-refractivity contribution >= 4 is 6.29 Å². The SMILES string of the molecule is CC1CCCC(Oc2c(F)cc(C=O)cc2F)C1. The molecule has 0 amide bonds. The van der Waals surface area contributed by atoms with Gasteiger partial charge in [-0.3, -0.25) is 4.79 Å². The number of halogens is 2. The quantitative estimate of drug-likeness (QED) is 0.768. The first-order valence-corrected chi connectivity index (χ1v) is 6.21. The summed E-state index contributed by atoms with van der Waals surface area (Å²) < 4.78 is 32.7. The molecule has 0 spiro atoms. The molecule has 1 aromatic carbocycles. The van der Waals surface area contributed by atoms with Crippen LogP contribution in [0.5, 0.6) is 5.75 Å². The Bertz CT molecular complexity index is 422.